The van der Waals surface area contributed by atoms with Crippen LogP contribution in [0.4, 0.5) is 5.69 Å². The van der Waals surface area contributed by atoms with Crippen LogP contribution in [0.25, 0.3) is 4.98 Å². The Balaban J connectivity index is 3.06. The summed E-state index contributed by atoms with van der Waals surface area (Å²) in [5.74, 6) is 0. The lowest BCUT2D eigenvalue weighted by atomic mass is 10.3. The molecule has 2 N–H and O–H groups in total. The summed E-state index contributed by atoms with van der Waals surface area (Å²) in [6.45, 7) is -0.837. The second kappa shape index (κ2) is 6.42. The van der Waals surface area contributed by atoms with Crippen molar-refractivity contribution in [1.82, 2.24) is 4.31 Å². The molecule has 7 nitrogen and oxygen atoms in total. The van der Waals surface area contributed by atoms with Crippen LogP contribution in [0, 0.1) is 5.39 Å². The summed E-state index contributed by atoms with van der Waals surface area (Å²) in [7, 11) is -3.76. The lowest BCUT2D eigenvalue weighted by molar-refractivity contribution is 0.217. The number of nitrogens with zero attached hydrogens (tertiary/aromatic N) is 3. The maximum atomic E-state index is 12.1. The van der Waals surface area contributed by atoms with Crippen LogP contribution in [0.2, 0.25) is 0 Å². The molecule has 0 heterocycles. The Morgan fingerprint density at radius 1 is 1.11 bits per heavy atom. The highest BCUT2D eigenvalue weighted by Gasteiger charge is 2.24. The monoisotopic (exact) mass is 272 g/mol. The van der Waals surface area contributed by atoms with E-state index >= 15 is 0 Å². The van der Waals surface area contributed by atoms with Crippen LogP contribution in [-0.4, -0.2) is 49.2 Å². The molecule has 0 fully saturated rings. The van der Waals surface area contributed by atoms with Crippen LogP contribution in [0.3, 0.4) is 0 Å². The van der Waals surface area contributed by atoms with Crippen molar-refractivity contribution in [3.8, 4) is 0 Å². The van der Waals surface area contributed by atoms with Gasteiger partial charge in [-0.3, -0.25) is 0 Å². The van der Waals surface area contributed by atoms with Gasteiger partial charge in [0.05, 0.1) is 18.1 Å². The molecule has 0 unspecified atom stereocenters. The summed E-state index contributed by atoms with van der Waals surface area (Å²) in [5, 5.41) is 26.1. The molecule has 98 valence electrons. The lowest BCUT2D eigenvalue weighted by Crippen LogP contribution is -2.35. The smallest absolute Gasteiger partial charge is 0.385 e. The third-order valence-electron chi connectivity index (χ3n) is 2.29. The molecule has 0 aromatic heterocycles. The Bertz CT molecular complexity index is 515. The van der Waals surface area contributed by atoms with E-state index in [1.165, 1.54) is 24.3 Å². The normalized spacial score (nSPS) is 11.4. The summed E-state index contributed by atoms with van der Waals surface area (Å²) < 4.78 is 25.2. The second-order valence-corrected chi connectivity index (χ2v) is 5.38. The van der Waals surface area contributed by atoms with E-state index in [0.29, 0.717) is 0 Å². The number of aliphatic hydroxyl groups excluding tert-OH is 2. The molecule has 0 atom stereocenters. The number of aliphatic hydroxyl groups is 2. The van der Waals surface area contributed by atoms with Crippen LogP contribution in [0.5, 0.6) is 0 Å². The molecule has 18 heavy (non-hydrogen) atoms. The third-order valence-corrected chi connectivity index (χ3v) is 4.20. The molecule has 1 rings (SSSR count). The Kier molecular flexibility index (Phi) is 5.18. The van der Waals surface area contributed by atoms with Crippen LogP contribution < -0.4 is 0 Å². The Morgan fingerprint density at radius 2 is 1.61 bits per heavy atom. The van der Waals surface area contributed by atoms with E-state index < -0.39 is 10.0 Å². The topological polar surface area (TPSA) is 106 Å². The fraction of sp³-hybridized carbons (Fsp3) is 0.400. The molecule has 1 aromatic carbocycles. The summed E-state index contributed by atoms with van der Waals surface area (Å²) in [6, 6.07) is 5.30. The summed E-state index contributed by atoms with van der Waals surface area (Å²) in [5.41, 5.74) is 0.241. The van der Waals surface area contributed by atoms with E-state index in [1.807, 2.05) is 0 Å². The van der Waals surface area contributed by atoms with Gasteiger partial charge in [0.1, 0.15) is 0 Å². The lowest BCUT2D eigenvalue weighted by Gasteiger charge is -2.19. The first-order chi connectivity index (χ1) is 8.56. The van der Waals surface area contributed by atoms with E-state index in [0.717, 1.165) is 4.31 Å². The highest BCUT2D eigenvalue weighted by Crippen LogP contribution is 2.19. The van der Waals surface area contributed by atoms with Crippen LogP contribution in [-0.2, 0) is 10.0 Å². The van der Waals surface area contributed by atoms with Crippen molar-refractivity contribution in [2.75, 3.05) is 26.3 Å². The number of hydrogen-bond donors (Lipinski definition) is 2. The van der Waals surface area contributed by atoms with Crippen molar-refractivity contribution in [2.24, 2.45) is 0 Å². The van der Waals surface area contributed by atoms with Gasteiger partial charge in [-0.05, 0) is 12.1 Å². The summed E-state index contributed by atoms with van der Waals surface area (Å²) >= 11 is 0. The van der Waals surface area contributed by atoms with Crippen molar-refractivity contribution in [3.05, 3.63) is 29.2 Å². The van der Waals surface area contributed by atoms with E-state index in [9.17, 15) is 8.42 Å². The van der Waals surface area contributed by atoms with Gasteiger partial charge < -0.3 is 10.2 Å². The zero-order valence-corrected chi connectivity index (χ0v) is 10.4. The van der Waals surface area contributed by atoms with Crippen molar-refractivity contribution in [2.45, 2.75) is 4.90 Å². The SMILES string of the molecule is N#[N+]c1ccc(S(=O)(=O)N(CCO)CCO)cc1. The first-order valence-corrected chi connectivity index (χ1v) is 6.67. The highest BCUT2D eigenvalue weighted by molar-refractivity contribution is 7.89. The van der Waals surface area contributed by atoms with Gasteiger partial charge in [-0.2, -0.15) is 4.31 Å². The van der Waals surface area contributed by atoms with E-state index in [2.05, 4.69) is 4.98 Å². The highest BCUT2D eigenvalue weighted by atomic mass is 32.2. The molecule has 0 aliphatic rings. The predicted molar refractivity (Wildman–Crippen MR) is 64.1 cm³/mol. The molecule has 0 aliphatic carbocycles. The van der Waals surface area contributed by atoms with Gasteiger partial charge in [-0.25, -0.2) is 8.42 Å². The van der Waals surface area contributed by atoms with Gasteiger partial charge in [0.2, 0.25) is 15.4 Å². The van der Waals surface area contributed by atoms with Crippen molar-refractivity contribution >= 4 is 15.7 Å². The molecule has 0 spiro atoms. The Hall–Kier alpha value is -1.53. The van der Waals surface area contributed by atoms with E-state index in [1.54, 1.807) is 0 Å². The molecular formula is C10H14N3O4S+. The fourth-order valence-electron chi connectivity index (χ4n) is 1.41. The van der Waals surface area contributed by atoms with Crippen LogP contribution in [0.15, 0.2) is 29.2 Å². The largest absolute Gasteiger partial charge is 0.395 e. The molecule has 0 bridgehead atoms. The van der Waals surface area contributed by atoms with E-state index in [-0.39, 0.29) is 36.9 Å². The quantitative estimate of drug-likeness (QED) is 0.717. The van der Waals surface area contributed by atoms with Crippen molar-refractivity contribution in [1.29, 1.82) is 5.39 Å². The maximum absolute atomic E-state index is 12.1. The minimum atomic E-state index is -3.76. The summed E-state index contributed by atoms with van der Waals surface area (Å²) in [6.07, 6.45) is 0. The van der Waals surface area contributed by atoms with Gasteiger partial charge in [0, 0.05) is 25.2 Å². The van der Waals surface area contributed by atoms with E-state index in [4.69, 9.17) is 15.6 Å². The number of rotatable bonds is 6. The Labute approximate surface area is 105 Å². The minimum Gasteiger partial charge on any atom is -0.395 e. The van der Waals surface area contributed by atoms with Crippen LogP contribution >= 0.6 is 0 Å². The molecule has 1 aromatic rings. The number of benzene rings is 1. The number of sulfonamides is 1. The molecular weight excluding hydrogens is 258 g/mol. The second-order valence-electron chi connectivity index (χ2n) is 3.45. The van der Waals surface area contributed by atoms with Gasteiger partial charge in [-0.1, -0.05) is 0 Å². The van der Waals surface area contributed by atoms with Gasteiger partial charge in [0.15, 0.2) is 4.98 Å². The summed E-state index contributed by atoms with van der Waals surface area (Å²) in [4.78, 5) is 2.93. The number of diazo groups is 1. The minimum absolute atomic E-state index is 0.0109. The average Bonchev–Trinajstić information content (AvgIpc) is 2.38. The molecule has 0 amide bonds. The number of hydrogen-bond acceptors (Lipinski definition) is 5. The molecule has 8 heteroatoms. The molecule has 0 saturated heterocycles. The van der Waals surface area contributed by atoms with Crippen LogP contribution in [0.1, 0.15) is 0 Å². The van der Waals surface area contributed by atoms with Gasteiger partial charge >= 0.3 is 5.69 Å². The maximum Gasteiger partial charge on any atom is 0.385 e. The third kappa shape index (κ3) is 3.24. The first-order valence-electron chi connectivity index (χ1n) is 5.23. The predicted octanol–water partition coefficient (Wildman–Crippen LogP) is 0.146. The van der Waals surface area contributed by atoms with Crippen molar-refractivity contribution < 1.29 is 18.6 Å². The standard InChI is InChI=1S/C10H14N3O4S/c11-12-9-1-3-10(4-2-9)18(16,17)13(5-7-14)6-8-15/h1-4,14-15H,5-8H2/q+1. The molecule has 0 saturated carbocycles. The molecule has 0 radical (unpaired) electrons. The fourth-order valence-corrected chi connectivity index (χ4v) is 2.83. The zero-order chi connectivity index (χ0) is 13.6. The first kappa shape index (κ1) is 14.5. The Morgan fingerprint density at radius 3 is 2.00 bits per heavy atom. The van der Waals surface area contributed by atoms with Gasteiger partial charge in [0.25, 0.3) is 0 Å². The molecule has 0 aliphatic heterocycles. The average molecular weight is 272 g/mol. The van der Waals surface area contributed by atoms with Crippen molar-refractivity contribution in [3.63, 3.8) is 0 Å². The zero-order valence-electron chi connectivity index (χ0n) is 9.60. The van der Waals surface area contributed by atoms with Gasteiger partial charge in [-0.15, -0.1) is 0 Å².